The Morgan fingerprint density at radius 2 is 1.14 bits per heavy atom. The van der Waals surface area contributed by atoms with Crippen LogP contribution in [0.1, 0.15) is 138 Å². The van der Waals surface area contributed by atoms with Gasteiger partial charge >= 0.3 is 30.2 Å². The second kappa shape index (κ2) is 24.8. The Balaban J connectivity index is 0.000000210. The average Bonchev–Trinajstić information content (AvgIpc) is 4.17. The van der Waals surface area contributed by atoms with Crippen LogP contribution in [0.4, 0.5) is 39.3 Å². The predicted octanol–water partition coefficient (Wildman–Crippen LogP) is 9.13. The number of carboxylic acid groups (broad SMARTS) is 1. The maximum atomic E-state index is 13.9. The summed E-state index contributed by atoms with van der Waals surface area (Å²) in [5.74, 6) is -3.31. The molecule has 6 atom stereocenters. The van der Waals surface area contributed by atoms with Gasteiger partial charge in [-0.15, -0.1) is 0 Å². The number of hydrogen-bond acceptors (Lipinski definition) is 11. The van der Waals surface area contributed by atoms with E-state index in [1.54, 1.807) is 59.5 Å². The van der Waals surface area contributed by atoms with Gasteiger partial charge in [-0.2, -0.15) is 0 Å². The molecule has 6 aliphatic rings. The zero-order valence-corrected chi connectivity index (χ0v) is 43.9. The van der Waals surface area contributed by atoms with E-state index in [-0.39, 0.29) is 69.4 Å². The highest BCUT2D eigenvalue weighted by molar-refractivity contribution is 6.07. The van der Waals surface area contributed by atoms with Crippen molar-refractivity contribution < 1.29 is 61.7 Å². The summed E-state index contributed by atoms with van der Waals surface area (Å²) in [4.78, 5) is 102. The molecular formula is C58H72F2N8O11. The van der Waals surface area contributed by atoms with E-state index in [0.29, 0.717) is 65.2 Å². The zero-order valence-electron chi connectivity index (χ0n) is 43.9. The molecule has 19 nitrogen and oxygen atoms in total. The van der Waals surface area contributed by atoms with Crippen LogP contribution in [0.25, 0.3) is 0 Å². The van der Waals surface area contributed by atoms with E-state index in [4.69, 9.17) is 14.6 Å². The fourth-order valence-electron chi connectivity index (χ4n) is 11.5. The van der Waals surface area contributed by atoms with Gasteiger partial charge in [0.05, 0.1) is 6.04 Å². The van der Waals surface area contributed by atoms with Gasteiger partial charge in [-0.05, 0) is 147 Å². The quantitative estimate of drug-likeness (QED) is 0.0871. The molecule has 4 saturated heterocycles. The number of benzene rings is 4. The van der Waals surface area contributed by atoms with Crippen LogP contribution in [0.15, 0.2) is 72.8 Å². The Hall–Kier alpha value is -7.94. The molecule has 9 amide bonds. The maximum absolute atomic E-state index is 13.9. The van der Waals surface area contributed by atoms with Crippen molar-refractivity contribution >= 4 is 59.3 Å². The molecular weight excluding hydrogens is 1020 g/mol. The number of aryl methyl sites for hydroxylation is 4. The van der Waals surface area contributed by atoms with Crippen molar-refractivity contribution in [1.29, 1.82) is 0 Å². The molecule has 4 fully saturated rings. The Bertz CT molecular complexity index is 3030. The van der Waals surface area contributed by atoms with Crippen LogP contribution in [-0.2, 0) is 65.5 Å². The molecule has 4 unspecified atom stereocenters. The number of amides is 9. The van der Waals surface area contributed by atoms with Crippen LogP contribution in [0.5, 0.6) is 0 Å². The van der Waals surface area contributed by atoms with Gasteiger partial charge < -0.3 is 46.1 Å². The number of carboxylic acids is 1. The second-order valence-electron chi connectivity index (χ2n) is 20.1. The summed E-state index contributed by atoms with van der Waals surface area (Å²) in [6.07, 6.45) is 5.04. The van der Waals surface area contributed by atoms with Crippen molar-refractivity contribution in [3.05, 3.63) is 129 Å². The number of imide groups is 2. The summed E-state index contributed by atoms with van der Waals surface area (Å²) in [5, 5.41) is 22.6. The third-order valence-electron chi connectivity index (χ3n) is 15.3. The van der Waals surface area contributed by atoms with Gasteiger partial charge in [-0.1, -0.05) is 53.0 Å². The van der Waals surface area contributed by atoms with E-state index < -0.39 is 54.3 Å². The number of aliphatic carboxylic acids is 1. The number of nitrogens with one attached hydrogen (secondary N) is 5. The fourth-order valence-corrected chi connectivity index (χ4v) is 11.5. The number of likely N-dealkylation sites (tertiary alicyclic amines) is 1. The Morgan fingerprint density at radius 1 is 0.658 bits per heavy atom. The number of nitrogens with zero attached hydrogens (tertiary/aromatic N) is 3. The van der Waals surface area contributed by atoms with E-state index >= 15 is 0 Å². The topological polar surface area (TPSA) is 245 Å². The molecule has 4 heterocycles. The van der Waals surface area contributed by atoms with Gasteiger partial charge in [-0.25, -0.2) is 37.8 Å². The number of halogens is 2. The maximum Gasteiger partial charge on any atom is 0.418 e. The number of carbonyl (C=O) groups is 8. The lowest BCUT2D eigenvalue weighted by atomic mass is 9.94. The van der Waals surface area contributed by atoms with Gasteiger partial charge in [0.25, 0.3) is 11.8 Å². The molecule has 4 aromatic rings. The molecule has 0 radical (unpaired) electrons. The van der Waals surface area contributed by atoms with Gasteiger partial charge in [0.1, 0.15) is 24.7 Å². The first-order chi connectivity index (χ1) is 36.7. The number of urea groups is 2. The molecule has 0 saturated carbocycles. The molecule has 2 aliphatic carbocycles. The van der Waals surface area contributed by atoms with E-state index in [2.05, 4.69) is 40.4 Å². The number of rotatable bonds is 10. The van der Waals surface area contributed by atoms with E-state index in [1.165, 1.54) is 44.6 Å². The first-order valence-electron chi connectivity index (χ1n) is 26.0. The summed E-state index contributed by atoms with van der Waals surface area (Å²) < 4.78 is 37.9. The van der Waals surface area contributed by atoms with Crippen molar-refractivity contribution in [2.45, 2.75) is 142 Å². The molecule has 10 rings (SSSR count). The Kier molecular flexibility index (Phi) is 18.9. The molecule has 79 heavy (non-hydrogen) atoms. The standard InChI is InChI=1S/C28H31FN4O5.C15H15N3O6.C13H18FN.2CH4/c1-4-17-13-19(29)6-8-21(17)23-10-5-16(2)33(23)24(34)15-32-25(35)28(38-27(32)37)12-11-18-14-20(7-9-22(18)28)31-26(36)30-3;1-16-13(22)17-9-2-3-10-8(6-9)4-5-15(10)12(21)18(7-11(19)20)14(23)24-15;1-3-10-8-11(14)5-6-12(10)13-7-4-9(2)15-13;;/h6-9,13-14,16,23H,4-5,10-12,15H2,1-3H3,(H2,30,31,36);2-3,6H,4-5,7H2,1H3,(H,19,20)(H2,16,17,22);5-6,8-9,13,15H,3-4,7H2,1-2H3;2*1H4/t16?,23?,28-;15-;;;/m11.../s1. The Labute approximate surface area is 459 Å². The van der Waals surface area contributed by atoms with Crippen molar-refractivity contribution in [2.75, 3.05) is 37.8 Å². The highest BCUT2D eigenvalue weighted by Gasteiger charge is 2.60. The summed E-state index contributed by atoms with van der Waals surface area (Å²) in [6, 6.07) is 19.7. The van der Waals surface area contributed by atoms with Crippen LogP contribution in [0.2, 0.25) is 0 Å². The van der Waals surface area contributed by atoms with Gasteiger partial charge in [0, 0.05) is 67.6 Å². The molecule has 0 bridgehead atoms. The van der Waals surface area contributed by atoms with Crippen LogP contribution in [-0.4, -0.2) is 107 Å². The minimum atomic E-state index is -1.47. The fraction of sp³-hybridized carbons (Fsp3) is 0.448. The van der Waals surface area contributed by atoms with Gasteiger partial charge in [0.15, 0.2) is 0 Å². The molecule has 4 aromatic carbocycles. The largest absolute Gasteiger partial charge is 0.480 e. The lowest BCUT2D eigenvalue weighted by molar-refractivity contribution is -0.144. The summed E-state index contributed by atoms with van der Waals surface area (Å²) in [5.41, 5.74) is 4.98. The average molecular weight is 1100 g/mol. The summed E-state index contributed by atoms with van der Waals surface area (Å²) in [7, 11) is 3.00. The molecule has 6 N–H and O–H groups in total. The zero-order chi connectivity index (χ0) is 55.5. The predicted molar refractivity (Wildman–Crippen MR) is 291 cm³/mol. The third-order valence-corrected chi connectivity index (χ3v) is 15.3. The number of anilines is 2. The molecule has 424 valence electrons. The van der Waals surface area contributed by atoms with Crippen molar-refractivity contribution in [3.8, 4) is 0 Å². The van der Waals surface area contributed by atoms with Gasteiger partial charge in [-0.3, -0.25) is 19.2 Å². The lowest BCUT2D eigenvalue weighted by Gasteiger charge is -2.31. The number of hydrogen-bond donors (Lipinski definition) is 6. The van der Waals surface area contributed by atoms with Crippen LogP contribution < -0.4 is 26.6 Å². The number of carbonyl (C=O) groups excluding carboxylic acids is 7. The van der Waals surface area contributed by atoms with Crippen molar-refractivity contribution in [1.82, 2.24) is 30.7 Å². The van der Waals surface area contributed by atoms with E-state index in [1.807, 2.05) is 19.9 Å². The summed E-state index contributed by atoms with van der Waals surface area (Å²) >= 11 is 0. The van der Waals surface area contributed by atoms with Crippen LogP contribution in [0, 0.1) is 11.6 Å². The van der Waals surface area contributed by atoms with Crippen LogP contribution in [0.3, 0.4) is 0 Å². The Morgan fingerprint density at radius 3 is 1.59 bits per heavy atom. The summed E-state index contributed by atoms with van der Waals surface area (Å²) in [6.45, 7) is 7.01. The monoisotopic (exact) mass is 1090 g/mol. The molecule has 0 aromatic heterocycles. The smallest absolute Gasteiger partial charge is 0.418 e. The first-order valence-corrected chi connectivity index (χ1v) is 26.0. The first kappa shape index (κ1) is 60.3. The normalized spacial score (nSPS) is 23.1. The van der Waals surface area contributed by atoms with E-state index in [0.717, 1.165) is 45.6 Å². The van der Waals surface area contributed by atoms with Gasteiger partial charge in [0.2, 0.25) is 17.1 Å². The molecule has 4 aliphatic heterocycles. The number of ether oxygens (including phenoxy) is 2. The van der Waals surface area contributed by atoms with E-state index in [9.17, 15) is 47.1 Å². The second-order valence-corrected chi connectivity index (χ2v) is 20.1. The highest BCUT2D eigenvalue weighted by Crippen LogP contribution is 2.48. The SMILES string of the molecule is C.C.CCc1cc(F)ccc1C1CCC(C)N1.CCc1cc(F)ccc1C1CCC(C)N1C(=O)CN1C(=O)O[C@@]2(CCc3cc(NC(=O)NC)ccc32)C1=O.CNC(=O)Nc1ccc2c(c1)CC[C@@]21OC(=O)N(CC(=O)O)C1=O. The van der Waals surface area contributed by atoms with Crippen molar-refractivity contribution in [2.24, 2.45) is 0 Å². The molecule has 21 heteroatoms. The minimum Gasteiger partial charge on any atom is -0.480 e. The highest BCUT2D eigenvalue weighted by atomic mass is 19.1. The van der Waals surface area contributed by atoms with Crippen molar-refractivity contribution in [3.63, 3.8) is 0 Å². The minimum absolute atomic E-state index is 0. The lowest BCUT2D eigenvalue weighted by Crippen LogP contribution is -2.46. The van der Waals surface area contributed by atoms with Crippen LogP contribution >= 0.6 is 0 Å². The number of fused-ring (bicyclic) bond motifs is 4. The third kappa shape index (κ3) is 12.1. The molecule has 2 spiro atoms.